The van der Waals surface area contributed by atoms with E-state index in [1.807, 2.05) is 0 Å². The van der Waals surface area contributed by atoms with Crippen molar-refractivity contribution in [2.75, 3.05) is 16.8 Å². The average Bonchev–Trinajstić information content (AvgIpc) is 2.01. The molecule has 1 aromatic heterocycles. The molecule has 0 unspecified atom stereocenters. The van der Waals surface area contributed by atoms with Gasteiger partial charge in [0, 0.05) is 5.57 Å². The maximum Gasteiger partial charge on any atom is 0.253 e. The zero-order chi connectivity index (χ0) is 10.7. The molecule has 0 saturated heterocycles. The number of nitrogen functional groups attached to an aromatic ring is 2. The molecule has 7 heteroatoms. The van der Waals surface area contributed by atoms with Crippen LogP contribution in [0.3, 0.4) is 0 Å². The van der Waals surface area contributed by atoms with E-state index in [4.69, 9.17) is 11.5 Å². The Hall–Kier alpha value is -2.18. The zero-order valence-corrected chi connectivity index (χ0v) is 7.61. The van der Waals surface area contributed by atoms with Crippen LogP contribution in [0.25, 0.3) is 0 Å². The van der Waals surface area contributed by atoms with Crippen molar-refractivity contribution in [1.82, 2.24) is 15.0 Å². The summed E-state index contributed by atoms with van der Waals surface area (Å²) in [5, 5.41) is 2.36. The second-order valence-electron chi connectivity index (χ2n) is 2.61. The summed E-state index contributed by atoms with van der Waals surface area (Å²) < 4.78 is 0. The average molecular weight is 194 g/mol. The summed E-state index contributed by atoms with van der Waals surface area (Å²) in [6, 6.07) is 0. The Morgan fingerprint density at radius 2 is 1.79 bits per heavy atom. The first-order chi connectivity index (χ1) is 6.49. The highest BCUT2D eigenvalue weighted by Gasteiger charge is 2.06. The molecule has 0 bridgehead atoms. The van der Waals surface area contributed by atoms with Crippen LogP contribution < -0.4 is 16.8 Å². The molecule has 1 rings (SSSR count). The lowest BCUT2D eigenvalue weighted by Gasteiger charge is -2.03. The van der Waals surface area contributed by atoms with Gasteiger partial charge in [-0.2, -0.15) is 15.0 Å². The molecule has 5 N–H and O–H groups in total. The van der Waals surface area contributed by atoms with Gasteiger partial charge in [-0.25, -0.2) is 0 Å². The fourth-order valence-electron chi connectivity index (χ4n) is 0.674. The molecule has 1 heterocycles. The van der Waals surface area contributed by atoms with E-state index in [-0.39, 0.29) is 17.8 Å². The predicted molar refractivity (Wildman–Crippen MR) is 52.1 cm³/mol. The van der Waals surface area contributed by atoms with Gasteiger partial charge in [0.15, 0.2) is 0 Å². The van der Waals surface area contributed by atoms with E-state index >= 15 is 0 Å². The molecule has 1 amide bonds. The number of amides is 1. The van der Waals surface area contributed by atoms with Gasteiger partial charge in [-0.3, -0.25) is 10.1 Å². The Morgan fingerprint density at radius 3 is 2.21 bits per heavy atom. The second kappa shape index (κ2) is 3.69. The number of carbonyl (C=O) groups excluding carboxylic acids is 1. The van der Waals surface area contributed by atoms with Gasteiger partial charge in [0.1, 0.15) is 0 Å². The highest BCUT2D eigenvalue weighted by atomic mass is 16.1. The fraction of sp³-hybridized carbons (Fsp3) is 0.143. The van der Waals surface area contributed by atoms with E-state index in [0.29, 0.717) is 5.57 Å². The first-order valence-electron chi connectivity index (χ1n) is 3.73. The number of rotatable bonds is 2. The molecule has 0 fully saturated rings. The van der Waals surface area contributed by atoms with Gasteiger partial charge in [-0.15, -0.1) is 0 Å². The first-order valence-corrected chi connectivity index (χ1v) is 3.73. The van der Waals surface area contributed by atoms with Crippen molar-refractivity contribution in [3.8, 4) is 0 Å². The third-order valence-corrected chi connectivity index (χ3v) is 1.28. The first kappa shape index (κ1) is 9.90. The van der Waals surface area contributed by atoms with E-state index in [0.717, 1.165) is 0 Å². The molecule has 1 aromatic rings. The van der Waals surface area contributed by atoms with Crippen LogP contribution in [-0.2, 0) is 4.79 Å². The van der Waals surface area contributed by atoms with Crippen molar-refractivity contribution < 1.29 is 4.79 Å². The Kier molecular flexibility index (Phi) is 2.61. The van der Waals surface area contributed by atoms with Crippen LogP contribution in [0, 0.1) is 0 Å². The summed E-state index contributed by atoms with van der Waals surface area (Å²) in [4.78, 5) is 22.0. The highest BCUT2D eigenvalue weighted by Crippen LogP contribution is 2.04. The monoisotopic (exact) mass is 194 g/mol. The van der Waals surface area contributed by atoms with E-state index < -0.39 is 5.91 Å². The minimum Gasteiger partial charge on any atom is -0.368 e. The fourth-order valence-corrected chi connectivity index (χ4v) is 0.674. The van der Waals surface area contributed by atoms with E-state index in [1.54, 1.807) is 6.92 Å². The van der Waals surface area contributed by atoms with Crippen LogP contribution >= 0.6 is 0 Å². The second-order valence-corrected chi connectivity index (χ2v) is 2.61. The number of nitrogens with one attached hydrogen (secondary N) is 1. The van der Waals surface area contributed by atoms with E-state index in [1.165, 1.54) is 0 Å². The van der Waals surface area contributed by atoms with Crippen LogP contribution in [0.2, 0.25) is 0 Å². The minimum atomic E-state index is -0.394. The summed E-state index contributed by atoms with van der Waals surface area (Å²) in [5.41, 5.74) is 10.9. The topological polar surface area (TPSA) is 120 Å². The lowest BCUT2D eigenvalue weighted by molar-refractivity contribution is -0.112. The van der Waals surface area contributed by atoms with Crippen molar-refractivity contribution in [2.45, 2.75) is 6.92 Å². The normalized spacial score (nSPS) is 9.50. The van der Waals surface area contributed by atoms with Crippen LogP contribution in [0.4, 0.5) is 17.8 Å². The van der Waals surface area contributed by atoms with Gasteiger partial charge in [-0.05, 0) is 6.92 Å². The maximum atomic E-state index is 11.1. The van der Waals surface area contributed by atoms with Crippen molar-refractivity contribution >= 4 is 23.8 Å². The molecule has 0 aliphatic rings. The SMILES string of the molecule is C=C(C)C(=O)Nc1nc(N)nc(N)n1. The minimum absolute atomic E-state index is 0.0167. The molecular formula is C7H10N6O. The standard InChI is InChI=1S/C7H10N6O/c1-3(2)4(14)10-7-12-5(8)11-6(9)13-7/h1H2,2H3,(H5,8,9,10,11,12,13,14). The van der Waals surface area contributed by atoms with Gasteiger partial charge in [-0.1, -0.05) is 6.58 Å². The van der Waals surface area contributed by atoms with Crippen LogP contribution in [-0.4, -0.2) is 20.9 Å². The Bertz CT molecular complexity index is 368. The Labute approximate surface area is 80.3 Å². The van der Waals surface area contributed by atoms with Crippen molar-refractivity contribution in [3.63, 3.8) is 0 Å². The van der Waals surface area contributed by atoms with Crippen LogP contribution in [0.15, 0.2) is 12.2 Å². The molecule has 0 radical (unpaired) electrons. The quantitative estimate of drug-likeness (QED) is 0.548. The van der Waals surface area contributed by atoms with Crippen molar-refractivity contribution in [2.24, 2.45) is 0 Å². The van der Waals surface area contributed by atoms with Gasteiger partial charge >= 0.3 is 0 Å². The highest BCUT2D eigenvalue weighted by molar-refractivity contribution is 6.01. The largest absolute Gasteiger partial charge is 0.368 e. The van der Waals surface area contributed by atoms with Gasteiger partial charge < -0.3 is 11.5 Å². The number of hydrogen-bond acceptors (Lipinski definition) is 6. The smallest absolute Gasteiger partial charge is 0.253 e. The molecule has 0 aromatic carbocycles. The number of anilines is 3. The molecule has 0 atom stereocenters. The summed E-state index contributed by atoms with van der Waals surface area (Å²) in [7, 11) is 0. The van der Waals surface area contributed by atoms with Crippen LogP contribution in [0.1, 0.15) is 6.92 Å². The summed E-state index contributed by atoms with van der Waals surface area (Å²) in [5.74, 6) is -0.470. The lowest BCUT2D eigenvalue weighted by atomic mass is 10.3. The molecule has 0 saturated carbocycles. The Morgan fingerprint density at radius 1 is 1.29 bits per heavy atom. The van der Waals surface area contributed by atoms with E-state index in [9.17, 15) is 4.79 Å². The van der Waals surface area contributed by atoms with Crippen molar-refractivity contribution in [1.29, 1.82) is 0 Å². The van der Waals surface area contributed by atoms with Gasteiger partial charge in [0.2, 0.25) is 17.8 Å². The van der Waals surface area contributed by atoms with Crippen molar-refractivity contribution in [3.05, 3.63) is 12.2 Å². The summed E-state index contributed by atoms with van der Waals surface area (Å²) in [6.45, 7) is 5.01. The Balaban J connectivity index is 2.87. The van der Waals surface area contributed by atoms with E-state index in [2.05, 4.69) is 26.8 Å². The molecule has 0 aliphatic heterocycles. The summed E-state index contributed by atoms with van der Waals surface area (Å²) in [6.07, 6.45) is 0. The number of nitrogens with two attached hydrogens (primary N) is 2. The maximum absolute atomic E-state index is 11.1. The number of aromatic nitrogens is 3. The number of hydrogen-bond donors (Lipinski definition) is 3. The van der Waals surface area contributed by atoms with Gasteiger partial charge in [0.05, 0.1) is 0 Å². The predicted octanol–water partition coefficient (Wildman–Crippen LogP) is -0.449. The number of carbonyl (C=O) groups is 1. The number of nitrogens with zero attached hydrogens (tertiary/aromatic N) is 3. The lowest BCUT2D eigenvalue weighted by Crippen LogP contribution is -2.16. The molecule has 14 heavy (non-hydrogen) atoms. The molecule has 0 spiro atoms. The third kappa shape index (κ3) is 2.41. The molecule has 0 aliphatic carbocycles. The summed E-state index contributed by atoms with van der Waals surface area (Å²) >= 11 is 0. The molecule has 7 nitrogen and oxygen atoms in total. The zero-order valence-electron chi connectivity index (χ0n) is 7.61. The van der Waals surface area contributed by atoms with Gasteiger partial charge in [0.25, 0.3) is 5.91 Å². The third-order valence-electron chi connectivity index (χ3n) is 1.28. The van der Waals surface area contributed by atoms with Crippen LogP contribution in [0.5, 0.6) is 0 Å². The molecule has 74 valence electrons. The molecular weight excluding hydrogens is 184 g/mol.